The SMILES string of the molecule is CN(C)C(=O)c1ccc(-c2ccc([C@@H]3[C@@H](C#N)N(C(=O)Cc4ccccn4)[C@H]3CO)cc2)cc1. The lowest BCUT2D eigenvalue weighted by molar-refractivity contribution is -0.146. The molecule has 0 saturated carbocycles. The Morgan fingerprint density at radius 1 is 1.03 bits per heavy atom. The van der Waals surface area contributed by atoms with Gasteiger partial charge in [0, 0.05) is 37.5 Å². The van der Waals surface area contributed by atoms with Crippen LogP contribution in [0.15, 0.2) is 72.9 Å². The molecule has 34 heavy (non-hydrogen) atoms. The number of aliphatic hydroxyl groups excluding tert-OH is 1. The summed E-state index contributed by atoms with van der Waals surface area (Å²) >= 11 is 0. The van der Waals surface area contributed by atoms with E-state index in [1.165, 1.54) is 9.80 Å². The lowest BCUT2D eigenvalue weighted by atomic mass is 9.75. The molecule has 1 saturated heterocycles. The first kappa shape index (κ1) is 23.1. The fraction of sp³-hybridized carbons (Fsp3) is 0.259. The Hall–Kier alpha value is -4.02. The summed E-state index contributed by atoms with van der Waals surface area (Å²) in [5, 5.41) is 19.8. The van der Waals surface area contributed by atoms with Gasteiger partial charge in [-0.15, -0.1) is 0 Å². The third-order valence-electron chi connectivity index (χ3n) is 6.24. The van der Waals surface area contributed by atoms with Crippen molar-refractivity contribution < 1.29 is 14.7 Å². The van der Waals surface area contributed by atoms with Crippen LogP contribution in [0.3, 0.4) is 0 Å². The molecule has 0 radical (unpaired) electrons. The average Bonchev–Trinajstić information content (AvgIpc) is 2.84. The molecule has 1 N–H and O–H groups in total. The molecule has 1 aliphatic heterocycles. The van der Waals surface area contributed by atoms with Crippen LogP contribution in [-0.2, 0) is 11.2 Å². The van der Waals surface area contributed by atoms with Crippen LogP contribution in [0.5, 0.6) is 0 Å². The van der Waals surface area contributed by atoms with E-state index in [9.17, 15) is 20.0 Å². The molecule has 1 fully saturated rings. The molecule has 1 aliphatic rings. The standard InChI is InChI=1S/C27H26N4O3/c1-30(2)27(34)21-12-8-19(9-13-21)18-6-10-20(11-7-18)26-23(16-28)31(24(26)17-32)25(33)15-22-5-3-4-14-29-22/h3-14,23-24,26,32H,15,17H2,1-2H3/t23-,24+,26-/m1/s1. The van der Waals surface area contributed by atoms with Crippen LogP contribution in [0.4, 0.5) is 0 Å². The zero-order chi connectivity index (χ0) is 24.2. The van der Waals surface area contributed by atoms with Crippen LogP contribution in [0, 0.1) is 11.3 Å². The maximum Gasteiger partial charge on any atom is 0.253 e. The highest BCUT2D eigenvalue weighted by molar-refractivity contribution is 5.94. The van der Waals surface area contributed by atoms with Crippen molar-refractivity contribution >= 4 is 11.8 Å². The second-order valence-corrected chi connectivity index (χ2v) is 8.55. The number of aromatic nitrogens is 1. The van der Waals surface area contributed by atoms with Crippen molar-refractivity contribution in [3.05, 3.63) is 89.7 Å². The lowest BCUT2D eigenvalue weighted by Crippen LogP contribution is -2.65. The van der Waals surface area contributed by atoms with Crippen LogP contribution in [0.1, 0.15) is 27.5 Å². The monoisotopic (exact) mass is 454 g/mol. The van der Waals surface area contributed by atoms with Gasteiger partial charge in [-0.25, -0.2) is 0 Å². The molecule has 3 aromatic rings. The van der Waals surface area contributed by atoms with Gasteiger partial charge >= 0.3 is 0 Å². The number of amides is 2. The van der Waals surface area contributed by atoms with Crippen LogP contribution in [-0.4, -0.2) is 64.5 Å². The Morgan fingerprint density at radius 2 is 1.68 bits per heavy atom. The van der Waals surface area contributed by atoms with E-state index in [1.807, 2.05) is 42.5 Å². The number of benzene rings is 2. The number of likely N-dealkylation sites (tertiary alicyclic amines) is 1. The smallest absolute Gasteiger partial charge is 0.253 e. The number of carbonyl (C=O) groups excluding carboxylic acids is 2. The Morgan fingerprint density at radius 3 is 2.21 bits per heavy atom. The Labute approximate surface area is 198 Å². The summed E-state index contributed by atoms with van der Waals surface area (Å²) in [6, 6.07) is 21.7. The first-order chi connectivity index (χ1) is 16.4. The van der Waals surface area contributed by atoms with Crippen LogP contribution < -0.4 is 0 Å². The fourth-order valence-corrected chi connectivity index (χ4v) is 4.46. The molecule has 172 valence electrons. The highest BCUT2D eigenvalue weighted by Gasteiger charge is 2.51. The molecule has 7 nitrogen and oxygen atoms in total. The number of carbonyl (C=O) groups is 2. The van der Waals surface area contributed by atoms with Crippen LogP contribution >= 0.6 is 0 Å². The third kappa shape index (κ3) is 4.41. The first-order valence-corrected chi connectivity index (χ1v) is 11.1. The molecule has 2 heterocycles. The van der Waals surface area contributed by atoms with E-state index in [0.29, 0.717) is 11.3 Å². The molecule has 1 aromatic heterocycles. The zero-order valence-electron chi connectivity index (χ0n) is 19.1. The first-order valence-electron chi connectivity index (χ1n) is 11.1. The molecule has 0 aliphatic carbocycles. The summed E-state index contributed by atoms with van der Waals surface area (Å²) in [5.41, 5.74) is 4.10. The van der Waals surface area contributed by atoms with Gasteiger partial charge in [-0.05, 0) is 41.0 Å². The van der Waals surface area contributed by atoms with Crippen molar-refractivity contribution in [2.45, 2.75) is 24.4 Å². The number of aliphatic hydroxyl groups is 1. The van der Waals surface area contributed by atoms with E-state index in [-0.39, 0.29) is 30.8 Å². The predicted octanol–water partition coefficient (Wildman–Crippen LogP) is 2.87. The van der Waals surface area contributed by atoms with E-state index >= 15 is 0 Å². The summed E-state index contributed by atoms with van der Waals surface area (Å²) in [5.74, 6) is -0.534. The fourth-order valence-electron chi connectivity index (χ4n) is 4.46. The minimum absolute atomic E-state index is 0.0494. The van der Waals surface area contributed by atoms with E-state index in [0.717, 1.165) is 16.7 Å². The zero-order valence-corrected chi connectivity index (χ0v) is 19.1. The summed E-state index contributed by atoms with van der Waals surface area (Å²) < 4.78 is 0. The number of nitriles is 1. The van der Waals surface area contributed by atoms with Gasteiger partial charge in [-0.2, -0.15) is 5.26 Å². The topological polar surface area (TPSA) is 97.5 Å². The second-order valence-electron chi connectivity index (χ2n) is 8.55. The normalized spacial score (nSPS) is 19.1. The lowest BCUT2D eigenvalue weighted by Gasteiger charge is -2.51. The maximum atomic E-state index is 12.9. The molecule has 2 aromatic carbocycles. The maximum absolute atomic E-state index is 12.9. The molecule has 0 unspecified atom stereocenters. The third-order valence-corrected chi connectivity index (χ3v) is 6.24. The number of rotatable bonds is 6. The predicted molar refractivity (Wildman–Crippen MR) is 128 cm³/mol. The molecule has 4 rings (SSSR count). The summed E-state index contributed by atoms with van der Waals surface area (Å²) in [6.07, 6.45) is 1.72. The minimum Gasteiger partial charge on any atom is -0.394 e. The van der Waals surface area contributed by atoms with Gasteiger partial charge in [0.05, 0.1) is 25.1 Å². The van der Waals surface area contributed by atoms with Gasteiger partial charge in [0.25, 0.3) is 5.91 Å². The number of pyridine rings is 1. The van der Waals surface area contributed by atoms with Gasteiger partial charge in [0.1, 0.15) is 6.04 Å². The quantitative estimate of drug-likeness (QED) is 0.618. The van der Waals surface area contributed by atoms with Crippen molar-refractivity contribution in [3.8, 4) is 17.2 Å². The van der Waals surface area contributed by atoms with Crippen LogP contribution in [0.25, 0.3) is 11.1 Å². The van der Waals surface area contributed by atoms with Crippen molar-refractivity contribution in [3.63, 3.8) is 0 Å². The summed E-state index contributed by atoms with van der Waals surface area (Å²) in [7, 11) is 3.44. The second kappa shape index (κ2) is 9.86. The van der Waals surface area contributed by atoms with Crippen molar-refractivity contribution in [2.24, 2.45) is 0 Å². The molecule has 3 atom stereocenters. The van der Waals surface area contributed by atoms with Gasteiger partial charge < -0.3 is 14.9 Å². The Bertz CT molecular complexity index is 1200. The number of hydrogen-bond donors (Lipinski definition) is 1. The summed E-state index contributed by atoms with van der Waals surface area (Å²) in [6.45, 7) is -0.222. The van der Waals surface area contributed by atoms with Crippen molar-refractivity contribution in [1.82, 2.24) is 14.8 Å². The number of hydrogen-bond acceptors (Lipinski definition) is 5. The Balaban J connectivity index is 1.50. The highest BCUT2D eigenvalue weighted by atomic mass is 16.3. The average molecular weight is 455 g/mol. The van der Waals surface area contributed by atoms with Gasteiger partial charge in [0.2, 0.25) is 5.91 Å². The highest BCUT2D eigenvalue weighted by Crippen LogP contribution is 2.41. The Kier molecular flexibility index (Phi) is 6.71. The molecular formula is C27H26N4O3. The molecule has 0 bridgehead atoms. The van der Waals surface area contributed by atoms with Crippen molar-refractivity contribution in [1.29, 1.82) is 5.26 Å². The molecule has 0 spiro atoms. The summed E-state index contributed by atoms with van der Waals surface area (Å²) in [4.78, 5) is 32.2. The molecular weight excluding hydrogens is 428 g/mol. The molecule has 7 heteroatoms. The van der Waals surface area contributed by atoms with Crippen molar-refractivity contribution in [2.75, 3.05) is 20.7 Å². The minimum atomic E-state index is -0.643. The van der Waals surface area contributed by atoms with E-state index in [1.54, 1.807) is 44.6 Å². The van der Waals surface area contributed by atoms with E-state index in [4.69, 9.17) is 0 Å². The van der Waals surface area contributed by atoms with Gasteiger partial charge in [-0.1, -0.05) is 42.5 Å². The molecule has 2 amide bonds. The van der Waals surface area contributed by atoms with Crippen LogP contribution in [0.2, 0.25) is 0 Å². The van der Waals surface area contributed by atoms with Gasteiger partial charge in [0.15, 0.2) is 0 Å². The van der Waals surface area contributed by atoms with E-state index < -0.39 is 12.1 Å². The van der Waals surface area contributed by atoms with Gasteiger partial charge in [-0.3, -0.25) is 14.6 Å². The largest absolute Gasteiger partial charge is 0.394 e. The van der Waals surface area contributed by atoms with E-state index in [2.05, 4.69) is 11.1 Å². The number of nitrogens with zero attached hydrogens (tertiary/aromatic N) is 4.